The monoisotopic (exact) mass is 560 g/mol. The molecule has 0 spiro atoms. The van der Waals surface area contributed by atoms with Crippen molar-refractivity contribution in [2.24, 2.45) is 0 Å². The highest BCUT2D eigenvalue weighted by molar-refractivity contribution is 5.69. The molecule has 2 aromatic heterocycles. The van der Waals surface area contributed by atoms with Crippen LogP contribution in [0.25, 0.3) is 17.1 Å². The van der Waals surface area contributed by atoms with E-state index in [0.29, 0.717) is 29.8 Å². The van der Waals surface area contributed by atoms with Crippen LogP contribution in [0, 0.1) is 6.92 Å². The van der Waals surface area contributed by atoms with Gasteiger partial charge in [-0.05, 0) is 131 Å². The van der Waals surface area contributed by atoms with E-state index in [1.165, 1.54) is 92.3 Å². The summed E-state index contributed by atoms with van der Waals surface area (Å²) in [6.07, 6.45) is 12.2. The molecule has 216 valence electrons. The van der Waals surface area contributed by atoms with E-state index in [2.05, 4.69) is 64.6 Å². The number of rotatable bonds is 5. The van der Waals surface area contributed by atoms with Crippen LogP contribution in [0.4, 0.5) is 17.6 Å². The van der Waals surface area contributed by atoms with Crippen LogP contribution in [0.1, 0.15) is 91.0 Å². The molecule has 9 rings (SSSR count). The Morgan fingerprint density at radius 1 is 0.833 bits per heavy atom. The first-order chi connectivity index (χ1) is 20.6. The molecule has 8 nitrogen and oxygen atoms in total. The third-order valence-electron chi connectivity index (χ3n) is 10.3. The van der Waals surface area contributed by atoms with Crippen molar-refractivity contribution in [3.8, 4) is 17.1 Å². The largest absolute Gasteiger partial charge is 0.368 e. The van der Waals surface area contributed by atoms with Gasteiger partial charge in [0.2, 0.25) is 11.9 Å². The molecule has 42 heavy (non-hydrogen) atoms. The van der Waals surface area contributed by atoms with Crippen LogP contribution in [0.3, 0.4) is 0 Å². The summed E-state index contributed by atoms with van der Waals surface area (Å²) in [5.74, 6) is 2.52. The number of aryl methyl sites for hydroxylation is 3. The number of hydrogen-bond donors (Lipinski definition) is 2. The molecule has 2 aromatic carbocycles. The van der Waals surface area contributed by atoms with Gasteiger partial charge in [0.1, 0.15) is 0 Å². The van der Waals surface area contributed by atoms with Gasteiger partial charge in [0.05, 0.1) is 5.69 Å². The molecule has 3 N–H and O–H groups in total. The molecule has 1 unspecified atom stereocenters. The zero-order valence-electron chi connectivity index (χ0n) is 24.5. The van der Waals surface area contributed by atoms with E-state index in [0.717, 1.165) is 35.6 Å². The summed E-state index contributed by atoms with van der Waals surface area (Å²) in [4.78, 5) is 7.34. The van der Waals surface area contributed by atoms with Crippen molar-refractivity contribution in [2.45, 2.75) is 89.0 Å². The highest BCUT2D eigenvalue weighted by Gasteiger charge is 2.39. The number of nitrogens with two attached hydrogens (primary N) is 1. The standard InChI is InChI=1S/C34H40N8/c1-21-5-4-6-26(19-21)31-29-23-7-9-24(10-8-23)30(29)32(39-38-31)42-33(35)37-34(40-42)36-27-14-11-22-12-15-28(16-13-25(22)20-27)41-17-2-3-18-41/h4-6,11,14,19-20,23-24,28H,2-3,7-10,12-13,15-18H2,1H3,(H3,35,36,37,40). The second-order valence-corrected chi connectivity index (χ2v) is 12.9. The zero-order chi connectivity index (χ0) is 28.2. The zero-order valence-corrected chi connectivity index (χ0v) is 24.5. The third kappa shape index (κ3) is 4.56. The maximum atomic E-state index is 6.51. The van der Waals surface area contributed by atoms with E-state index < -0.39 is 0 Å². The number of likely N-dealkylation sites (tertiary alicyclic amines) is 1. The summed E-state index contributed by atoms with van der Waals surface area (Å²) in [5, 5.41) is 17.9. The van der Waals surface area contributed by atoms with Gasteiger partial charge in [0.25, 0.3) is 0 Å². The number of fused-ring (bicyclic) bond motifs is 3. The molecule has 4 aliphatic carbocycles. The van der Waals surface area contributed by atoms with Gasteiger partial charge >= 0.3 is 0 Å². The lowest BCUT2D eigenvalue weighted by molar-refractivity contribution is 0.222. The Labute approximate surface area is 247 Å². The lowest BCUT2D eigenvalue weighted by Crippen LogP contribution is -2.32. The summed E-state index contributed by atoms with van der Waals surface area (Å²) >= 11 is 0. The van der Waals surface area contributed by atoms with Gasteiger partial charge in [0.15, 0.2) is 5.82 Å². The number of aromatic nitrogens is 5. The first-order valence-corrected chi connectivity index (χ1v) is 15.9. The lowest BCUT2D eigenvalue weighted by atomic mass is 9.66. The lowest BCUT2D eigenvalue weighted by Gasteiger charge is -2.39. The van der Waals surface area contributed by atoms with Crippen molar-refractivity contribution in [3.05, 3.63) is 70.3 Å². The van der Waals surface area contributed by atoms with Crippen LogP contribution in [0.5, 0.6) is 0 Å². The maximum Gasteiger partial charge on any atom is 0.248 e. The van der Waals surface area contributed by atoms with Crippen LogP contribution < -0.4 is 11.1 Å². The van der Waals surface area contributed by atoms with Crippen LogP contribution in [0.2, 0.25) is 0 Å². The topological polar surface area (TPSA) is 97.8 Å². The van der Waals surface area contributed by atoms with Gasteiger partial charge in [-0.15, -0.1) is 15.3 Å². The van der Waals surface area contributed by atoms with Crippen molar-refractivity contribution >= 4 is 17.6 Å². The number of nitrogen functional groups attached to an aromatic ring is 1. The number of nitrogens with zero attached hydrogens (tertiary/aromatic N) is 6. The van der Waals surface area contributed by atoms with Gasteiger partial charge in [-0.1, -0.05) is 29.8 Å². The Balaban J connectivity index is 1.09. The molecule has 1 atom stereocenters. The van der Waals surface area contributed by atoms with Crippen LogP contribution in [-0.4, -0.2) is 49.0 Å². The van der Waals surface area contributed by atoms with E-state index in [4.69, 9.17) is 21.0 Å². The Kier molecular flexibility index (Phi) is 6.47. The van der Waals surface area contributed by atoms with Crippen LogP contribution >= 0.6 is 0 Å². The molecule has 5 aliphatic rings. The molecule has 0 amide bonds. The number of hydrogen-bond acceptors (Lipinski definition) is 7. The van der Waals surface area contributed by atoms with E-state index in [1.807, 2.05) is 0 Å². The fourth-order valence-corrected chi connectivity index (χ4v) is 8.20. The molecule has 3 heterocycles. The number of benzene rings is 2. The quantitative estimate of drug-likeness (QED) is 0.271. The summed E-state index contributed by atoms with van der Waals surface area (Å²) in [6, 6.07) is 16.0. The van der Waals surface area contributed by atoms with Crippen molar-refractivity contribution in [1.29, 1.82) is 0 Å². The molecule has 0 radical (unpaired) electrons. The van der Waals surface area contributed by atoms with Crippen molar-refractivity contribution < 1.29 is 0 Å². The normalized spacial score (nSPS) is 23.4. The maximum absolute atomic E-state index is 6.51. The molecule has 4 aromatic rings. The van der Waals surface area contributed by atoms with E-state index in [-0.39, 0.29) is 0 Å². The Morgan fingerprint density at radius 3 is 2.38 bits per heavy atom. The second kappa shape index (κ2) is 10.5. The molecular weight excluding hydrogens is 520 g/mol. The van der Waals surface area contributed by atoms with Crippen molar-refractivity contribution in [2.75, 3.05) is 24.1 Å². The van der Waals surface area contributed by atoms with Gasteiger partial charge < -0.3 is 16.0 Å². The predicted molar refractivity (Wildman–Crippen MR) is 166 cm³/mol. The van der Waals surface area contributed by atoms with Gasteiger partial charge in [-0.3, -0.25) is 0 Å². The SMILES string of the molecule is Cc1cccc(-c2nnc(-n3nc(Nc4ccc5c(c4)CCC(N4CCCC4)CC5)nc3N)c3c2C2CCC3CC2)c1. The number of anilines is 3. The minimum Gasteiger partial charge on any atom is -0.368 e. The minimum atomic E-state index is 0.335. The summed E-state index contributed by atoms with van der Waals surface area (Å²) < 4.78 is 1.71. The summed E-state index contributed by atoms with van der Waals surface area (Å²) in [5.41, 5.74) is 16.4. The molecular formula is C34H40N8. The molecule has 1 aliphatic heterocycles. The smallest absolute Gasteiger partial charge is 0.248 e. The average Bonchev–Trinajstić information content (AvgIpc) is 3.62. The van der Waals surface area contributed by atoms with Crippen molar-refractivity contribution in [3.63, 3.8) is 0 Å². The second-order valence-electron chi connectivity index (χ2n) is 12.9. The molecule has 1 saturated carbocycles. The van der Waals surface area contributed by atoms with Gasteiger partial charge in [0, 0.05) is 22.9 Å². The Morgan fingerprint density at radius 2 is 1.60 bits per heavy atom. The Bertz CT molecular complexity index is 1630. The van der Waals surface area contributed by atoms with Crippen molar-refractivity contribution in [1.82, 2.24) is 29.9 Å². The Hall–Kier alpha value is -3.78. The summed E-state index contributed by atoms with van der Waals surface area (Å²) in [7, 11) is 0. The molecule has 1 saturated heterocycles. The number of nitrogens with one attached hydrogen (secondary N) is 1. The van der Waals surface area contributed by atoms with Crippen LogP contribution in [0.15, 0.2) is 42.5 Å². The van der Waals surface area contributed by atoms with E-state index >= 15 is 0 Å². The molecule has 8 heteroatoms. The average molecular weight is 561 g/mol. The minimum absolute atomic E-state index is 0.335. The molecule has 2 fully saturated rings. The fourth-order valence-electron chi connectivity index (χ4n) is 8.20. The fraction of sp³-hybridized carbons (Fsp3) is 0.471. The highest BCUT2D eigenvalue weighted by atomic mass is 15.5. The van der Waals surface area contributed by atoms with Gasteiger partial charge in [-0.25, -0.2) is 0 Å². The first kappa shape index (κ1) is 25.9. The van der Waals surface area contributed by atoms with Gasteiger partial charge in [-0.2, -0.15) is 9.67 Å². The molecule has 2 bridgehead atoms. The van der Waals surface area contributed by atoms with Crippen LogP contribution in [-0.2, 0) is 12.8 Å². The summed E-state index contributed by atoms with van der Waals surface area (Å²) in [6.45, 7) is 4.67. The van der Waals surface area contributed by atoms with E-state index in [9.17, 15) is 0 Å². The predicted octanol–water partition coefficient (Wildman–Crippen LogP) is 6.46. The van der Waals surface area contributed by atoms with E-state index in [1.54, 1.807) is 4.68 Å². The first-order valence-electron chi connectivity index (χ1n) is 15.9. The highest BCUT2D eigenvalue weighted by Crippen LogP contribution is 2.53. The third-order valence-corrected chi connectivity index (χ3v) is 10.3.